The van der Waals surface area contributed by atoms with Crippen LogP contribution in [0.2, 0.25) is 0 Å². The van der Waals surface area contributed by atoms with E-state index >= 15 is 0 Å². The van der Waals surface area contributed by atoms with Gasteiger partial charge in [-0.15, -0.1) is 16.7 Å². The Morgan fingerprint density at radius 2 is 1.94 bits per heavy atom. The topological polar surface area (TPSA) is 63.8 Å². The van der Waals surface area contributed by atoms with Crippen molar-refractivity contribution in [1.82, 2.24) is 15.2 Å². The highest BCUT2D eigenvalue weighted by Gasteiger charge is 2.13. The molecule has 0 saturated carbocycles. The van der Waals surface area contributed by atoms with Crippen molar-refractivity contribution in [1.29, 1.82) is 0 Å². The van der Waals surface area contributed by atoms with Gasteiger partial charge in [0.1, 0.15) is 5.38 Å². The predicted molar refractivity (Wildman–Crippen MR) is 64.8 cm³/mol. The van der Waals surface area contributed by atoms with Gasteiger partial charge < -0.3 is 9.73 Å². The van der Waals surface area contributed by atoms with Gasteiger partial charge in [-0.05, 0) is 31.5 Å². The van der Waals surface area contributed by atoms with E-state index in [4.69, 9.17) is 16.0 Å². The molecule has 0 spiro atoms. The molecule has 0 amide bonds. The lowest BCUT2D eigenvalue weighted by Gasteiger charge is -2.11. The summed E-state index contributed by atoms with van der Waals surface area (Å²) in [4.78, 5) is 3.97. The number of alkyl halides is 1. The molecule has 0 saturated heterocycles. The smallest absolute Gasteiger partial charge is 0.315 e. The van der Waals surface area contributed by atoms with Gasteiger partial charge in [0.2, 0.25) is 5.89 Å². The van der Waals surface area contributed by atoms with Crippen LogP contribution in [0.1, 0.15) is 36.7 Å². The van der Waals surface area contributed by atoms with Gasteiger partial charge in [-0.25, -0.2) is 0 Å². The molecule has 0 fully saturated rings. The van der Waals surface area contributed by atoms with E-state index in [1.807, 2.05) is 19.1 Å². The normalized spacial score (nSPS) is 14.3. The van der Waals surface area contributed by atoms with E-state index in [0.29, 0.717) is 11.9 Å². The van der Waals surface area contributed by atoms with Crippen LogP contribution in [0, 0.1) is 0 Å². The Labute approximate surface area is 104 Å². The van der Waals surface area contributed by atoms with E-state index in [1.165, 1.54) is 0 Å². The first kappa shape index (κ1) is 11.9. The van der Waals surface area contributed by atoms with Crippen LogP contribution in [-0.4, -0.2) is 15.2 Å². The van der Waals surface area contributed by atoms with Crippen LogP contribution in [0.15, 0.2) is 28.9 Å². The lowest BCUT2D eigenvalue weighted by atomic mass is 10.1. The zero-order valence-corrected chi connectivity index (χ0v) is 10.3. The largest absolute Gasteiger partial charge is 0.406 e. The Hall–Kier alpha value is -1.62. The summed E-state index contributed by atoms with van der Waals surface area (Å²) in [6, 6.07) is 4.30. The SMILES string of the molecule is CC(Cl)c1nnc(NC(C)c2ccncc2)o1. The highest BCUT2D eigenvalue weighted by molar-refractivity contribution is 6.20. The van der Waals surface area contributed by atoms with Gasteiger partial charge in [0, 0.05) is 12.4 Å². The molecule has 1 N–H and O–H groups in total. The summed E-state index contributed by atoms with van der Waals surface area (Å²) in [6.45, 7) is 3.79. The predicted octanol–water partition coefficient (Wildman–Crippen LogP) is 2.94. The third kappa shape index (κ3) is 2.94. The minimum Gasteiger partial charge on any atom is -0.406 e. The standard InChI is InChI=1S/C11H13ClN4O/c1-7(12)10-15-16-11(17-10)14-8(2)9-3-5-13-6-4-9/h3-8H,1-2H3,(H,14,16). The minimum absolute atomic E-state index is 0.0666. The molecule has 2 unspecified atom stereocenters. The second-order valence-corrected chi connectivity index (χ2v) is 4.36. The molecule has 0 aliphatic heterocycles. The highest BCUT2D eigenvalue weighted by atomic mass is 35.5. The average Bonchev–Trinajstić information content (AvgIpc) is 2.79. The van der Waals surface area contributed by atoms with Gasteiger partial charge in [0.15, 0.2) is 0 Å². The molecule has 2 atom stereocenters. The van der Waals surface area contributed by atoms with Crippen molar-refractivity contribution in [2.75, 3.05) is 5.32 Å². The molecule has 90 valence electrons. The molecule has 5 nitrogen and oxygen atoms in total. The first-order chi connectivity index (χ1) is 8.16. The summed E-state index contributed by atoms with van der Waals surface area (Å²) in [5.41, 5.74) is 1.10. The number of nitrogens with one attached hydrogen (secondary N) is 1. The molecule has 2 rings (SSSR count). The van der Waals surface area contributed by atoms with Crippen LogP contribution < -0.4 is 5.32 Å². The Balaban J connectivity index is 2.05. The molecule has 6 heteroatoms. The van der Waals surface area contributed by atoms with E-state index in [-0.39, 0.29) is 11.4 Å². The monoisotopic (exact) mass is 252 g/mol. The van der Waals surface area contributed by atoms with Crippen molar-refractivity contribution in [3.05, 3.63) is 36.0 Å². The molecular weight excluding hydrogens is 240 g/mol. The van der Waals surface area contributed by atoms with Crippen molar-refractivity contribution in [2.45, 2.75) is 25.3 Å². The van der Waals surface area contributed by atoms with Gasteiger partial charge in [-0.2, -0.15) is 0 Å². The van der Waals surface area contributed by atoms with E-state index in [2.05, 4.69) is 20.5 Å². The van der Waals surface area contributed by atoms with Crippen LogP contribution >= 0.6 is 11.6 Å². The van der Waals surface area contributed by atoms with E-state index < -0.39 is 0 Å². The molecule has 2 heterocycles. The van der Waals surface area contributed by atoms with Crippen molar-refractivity contribution >= 4 is 17.6 Å². The Bertz CT molecular complexity index is 471. The highest BCUT2D eigenvalue weighted by Crippen LogP contribution is 2.22. The molecule has 17 heavy (non-hydrogen) atoms. The molecule has 2 aromatic rings. The van der Waals surface area contributed by atoms with Crippen molar-refractivity contribution in [3.8, 4) is 0 Å². The Morgan fingerprint density at radius 1 is 1.24 bits per heavy atom. The first-order valence-electron chi connectivity index (χ1n) is 5.30. The van der Waals surface area contributed by atoms with Gasteiger partial charge in [0.05, 0.1) is 6.04 Å². The minimum atomic E-state index is -0.283. The molecule has 2 aromatic heterocycles. The fourth-order valence-electron chi connectivity index (χ4n) is 1.37. The maximum absolute atomic E-state index is 5.84. The van der Waals surface area contributed by atoms with Gasteiger partial charge in [0.25, 0.3) is 0 Å². The van der Waals surface area contributed by atoms with Crippen LogP contribution in [0.25, 0.3) is 0 Å². The quantitative estimate of drug-likeness (QED) is 0.848. The van der Waals surface area contributed by atoms with Crippen LogP contribution in [-0.2, 0) is 0 Å². The van der Waals surface area contributed by atoms with Gasteiger partial charge in [-0.3, -0.25) is 4.98 Å². The molecule has 0 aliphatic rings. The fourth-order valence-corrected chi connectivity index (χ4v) is 1.46. The number of hydrogen-bond donors (Lipinski definition) is 1. The van der Waals surface area contributed by atoms with E-state index in [0.717, 1.165) is 5.56 Å². The maximum Gasteiger partial charge on any atom is 0.315 e. The van der Waals surface area contributed by atoms with Crippen molar-refractivity contribution in [2.24, 2.45) is 0 Å². The second-order valence-electron chi connectivity index (χ2n) is 3.71. The molecule has 0 aromatic carbocycles. The summed E-state index contributed by atoms with van der Waals surface area (Å²) >= 11 is 5.84. The van der Waals surface area contributed by atoms with Crippen LogP contribution in [0.4, 0.5) is 6.01 Å². The third-order valence-corrected chi connectivity index (χ3v) is 2.51. The third-order valence-electron chi connectivity index (χ3n) is 2.33. The van der Waals surface area contributed by atoms with Gasteiger partial charge in [-0.1, -0.05) is 5.10 Å². The van der Waals surface area contributed by atoms with E-state index in [1.54, 1.807) is 19.3 Å². The number of pyridine rings is 1. The number of halogens is 1. The van der Waals surface area contributed by atoms with Crippen molar-refractivity contribution < 1.29 is 4.42 Å². The molecule has 0 bridgehead atoms. The zero-order valence-electron chi connectivity index (χ0n) is 9.59. The number of nitrogens with zero attached hydrogens (tertiary/aromatic N) is 3. The summed E-state index contributed by atoms with van der Waals surface area (Å²) in [6.07, 6.45) is 3.49. The maximum atomic E-state index is 5.84. The first-order valence-corrected chi connectivity index (χ1v) is 5.74. The van der Waals surface area contributed by atoms with Crippen LogP contribution in [0.5, 0.6) is 0 Å². The number of anilines is 1. The Morgan fingerprint density at radius 3 is 2.53 bits per heavy atom. The molecular formula is C11H13ClN4O. The zero-order chi connectivity index (χ0) is 12.3. The number of rotatable bonds is 4. The second kappa shape index (κ2) is 5.14. The van der Waals surface area contributed by atoms with Gasteiger partial charge >= 0.3 is 6.01 Å². The Kier molecular flexibility index (Phi) is 3.58. The van der Waals surface area contributed by atoms with Crippen LogP contribution in [0.3, 0.4) is 0 Å². The lowest BCUT2D eigenvalue weighted by molar-refractivity contribution is 0.502. The number of hydrogen-bond acceptors (Lipinski definition) is 5. The molecule has 0 aliphatic carbocycles. The molecule has 0 radical (unpaired) electrons. The fraction of sp³-hybridized carbons (Fsp3) is 0.364. The van der Waals surface area contributed by atoms with Crippen molar-refractivity contribution in [3.63, 3.8) is 0 Å². The summed E-state index contributed by atoms with van der Waals surface area (Å²) in [5, 5.41) is 10.5. The summed E-state index contributed by atoms with van der Waals surface area (Å²) < 4.78 is 5.36. The summed E-state index contributed by atoms with van der Waals surface area (Å²) in [5.74, 6) is 0.413. The average molecular weight is 253 g/mol. The van der Waals surface area contributed by atoms with E-state index in [9.17, 15) is 0 Å². The summed E-state index contributed by atoms with van der Waals surface area (Å²) in [7, 11) is 0. The lowest BCUT2D eigenvalue weighted by Crippen LogP contribution is -2.06. The number of aromatic nitrogens is 3.